The lowest BCUT2D eigenvalue weighted by molar-refractivity contribution is 0.180. The van der Waals surface area contributed by atoms with Gasteiger partial charge in [0.15, 0.2) is 0 Å². The molecule has 0 aliphatic rings. The molecule has 0 heterocycles. The van der Waals surface area contributed by atoms with Crippen LogP contribution < -0.4 is 0 Å². The number of hydrogen-bond donors (Lipinski definition) is 1. The summed E-state index contributed by atoms with van der Waals surface area (Å²) >= 11 is 0. The van der Waals surface area contributed by atoms with Crippen LogP contribution in [0.4, 0.5) is 0 Å². The van der Waals surface area contributed by atoms with Gasteiger partial charge in [0.2, 0.25) is 10.0 Å². The van der Waals surface area contributed by atoms with Crippen molar-refractivity contribution in [3.8, 4) is 0 Å². The van der Waals surface area contributed by atoms with E-state index in [1.807, 2.05) is 0 Å². The van der Waals surface area contributed by atoms with Crippen LogP contribution in [0.1, 0.15) is 12.5 Å². The third-order valence-electron chi connectivity index (χ3n) is 2.66. The molecule has 18 heavy (non-hydrogen) atoms. The molecule has 0 aromatic heterocycles. The van der Waals surface area contributed by atoms with Crippen molar-refractivity contribution in [1.29, 1.82) is 0 Å². The maximum absolute atomic E-state index is 12.4. The molecule has 0 spiro atoms. The number of rotatable bonds is 7. The number of methoxy groups -OCH3 is 1. The quantitative estimate of drug-likeness (QED) is 0.799. The average Bonchev–Trinajstić information content (AvgIpc) is 2.39. The highest BCUT2D eigenvalue weighted by Gasteiger charge is 2.24. The zero-order valence-corrected chi connectivity index (χ0v) is 11.5. The summed E-state index contributed by atoms with van der Waals surface area (Å²) in [4.78, 5) is 0.158. The van der Waals surface area contributed by atoms with Crippen molar-refractivity contribution in [3.63, 3.8) is 0 Å². The molecule has 0 amide bonds. The van der Waals surface area contributed by atoms with Crippen LogP contribution in [-0.2, 0) is 21.4 Å². The van der Waals surface area contributed by atoms with E-state index in [1.54, 1.807) is 25.1 Å². The molecule has 0 aliphatic carbocycles. The summed E-state index contributed by atoms with van der Waals surface area (Å²) in [6.07, 6.45) is 0. The Bertz CT molecular complexity index is 473. The molecule has 0 atom stereocenters. The second-order valence-electron chi connectivity index (χ2n) is 3.76. The molecule has 0 fully saturated rings. The van der Waals surface area contributed by atoms with Gasteiger partial charge >= 0.3 is 0 Å². The first kappa shape index (κ1) is 15.1. The summed E-state index contributed by atoms with van der Waals surface area (Å²) in [5.41, 5.74) is 0.411. The van der Waals surface area contributed by atoms with Crippen LogP contribution in [0.3, 0.4) is 0 Å². The molecule has 0 bridgehead atoms. The maximum atomic E-state index is 12.4. The molecular weight excluding hydrogens is 254 g/mol. The molecule has 0 aliphatic heterocycles. The van der Waals surface area contributed by atoms with Gasteiger partial charge in [-0.15, -0.1) is 0 Å². The normalized spacial score (nSPS) is 12.0. The minimum Gasteiger partial charge on any atom is -0.392 e. The summed E-state index contributed by atoms with van der Waals surface area (Å²) < 4.78 is 31.1. The summed E-state index contributed by atoms with van der Waals surface area (Å²) in [5.74, 6) is 0. The van der Waals surface area contributed by atoms with E-state index in [-0.39, 0.29) is 11.5 Å². The number of hydrogen-bond acceptors (Lipinski definition) is 4. The second-order valence-corrected chi connectivity index (χ2v) is 5.66. The second kappa shape index (κ2) is 6.84. The lowest BCUT2D eigenvalue weighted by Gasteiger charge is -2.21. The predicted molar refractivity (Wildman–Crippen MR) is 68.7 cm³/mol. The van der Waals surface area contributed by atoms with Crippen molar-refractivity contribution in [3.05, 3.63) is 29.8 Å². The van der Waals surface area contributed by atoms with E-state index < -0.39 is 10.0 Å². The highest BCUT2D eigenvalue weighted by molar-refractivity contribution is 7.89. The summed E-state index contributed by atoms with van der Waals surface area (Å²) in [6, 6.07) is 6.47. The highest BCUT2D eigenvalue weighted by Crippen LogP contribution is 2.19. The van der Waals surface area contributed by atoms with E-state index in [0.717, 1.165) is 0 Å². The molecule has 102 valence electrons. The fourth-order valence-corrected chi connectivity index (χ4v) is 3.31. The molecule has 0 saturated carbocycles. The van der Waals surface area contributed by atoms with Crippen LogP contribution in [0.5, 0.6) is 0 Å². The Morgan fingerprint density at radius 1 is 1.33 bits per heavy atom. The largest absolute Gasteiger partial charge is 0.392 e. The van der Waals surface area contributed by atoms with E-state index >= 15 is 0 Å². The van der Waals surface area contributed by atoms with E-state index in [4.69, 9.17) is 4.74 Å². The van der Waals surface area contributed by atoms with Crippen LogP contribution >= 0.6 is 0 Å². The lowest BCUT2D eigenvalue weighted by atomic mass is 10.2. The zero-order chi connectivity index (χ0) is 13.6. The van der Waals surface area contributed by atoms with Gasteiger partial charge in [-0.1, -0.05) is 25.1 Å². The maximum Gasteiger partial charge on any atom is 0.243 e. The number of likely N-dealkylation sites (N-methyl/N-ethyl adjacent to an activating group) is 1. The minimum absolute atomic E-state index is 0.158. The topological polar surface area (TPSA) is 66.8 Å². The zero-order valence-electron chi connectivity index (χ0n) is 10.7. The van der Waals surface area contributed by atoms with Crippen molar-refractivity contribution in [1.82, 2.24) is 4.31 Å². The van der Waals surface area contributed by atoms with Crippen molar-refractivity contribution in [2.75, 3.05) is 26.8 Å². The number of sulfonamides is 1. The first-order valence-electron chi connectivity index (χ1n) is 5.75. The van der Waals surface area contributed by atoms with E-state index in [2.05, 4.69) is 0 Å². The standard InChI is InChI=1S/C12H19NO4S/c1-3-13(8-9-17-2)18(15,16)12-7-5-4-6-11(12)10-14/h4-7,14H,3,8-10H2,1-2H3. The minimum atomic E-state index is -3.57. The van der Waals surface area contributed by atoms with Gasteiger partial charge in [0.05, 0.1) is 18.1 Å². The van der Waals surface area contributed by atoms with Gasteiger partial charge in [0.25, 0.3) is 0 Å². The first-order chi connectivity index (χ1) is 8.57. The molecule has 5 nitrogen and oxygen atoms in total. The van der Waals surface area contributed by atoms with Gasteiger partial charge in [-0.2, -0.15) is 4.31 Å². The number of nitrogens with zero attached hydrogens (tertiary/aromatic N) is 1. The Kier molecular flexibility index (Phi) is 5.74. The first-order valence-corrected chi connectivity index (χ1v) is 7.19. The van der Waals surface area contributed by atoms with E-state index in [1.165, 1.54) is 17.5 Å². The molecule has 1 aromatic carbocycles. The van der Waals surface area contributed by atoms with Crippen LogP contribution in [0, 0.1) is 0 Å². The van der Waals surface area contributed by atoms with Gasteiger partial charge in [-0.05, 0) is 11.6 Å². The predicted octanol–water partition coefficient (Wildman–Crippen LogP) is 0.836. The molecule has 1 N–H and O–H groups in total. The Morgan fingerprint density at radius 2 is 2.00 bits per heavy atom. The summed E-state index contributed by atoms with van der Waals surface area (Å²) in [6.45, 7) is 2.49. The van der Waals surface area contributed by atoms with E-state index in [0.29, 0.717) is 25.3 Å². The van der Waals surface area contributed by atoms with Gasteiger partial charge in [0.1, 0.15) is 0 Å². The lowest BCUT2D eigenvalue weighted by Crippen LogP contribution is -2.34. The summed E-state index contributed by atoms with van der Waals surface area (Å²) in [7, 11) is -2.04. The fraction of sp³-hybridized carbons (Fsp3) is 0.500. The molecule has 0 saturated heterocycles. The molecule has 1 rings (SSSR count). The number of aliphatic hydroxyl groups is 1. The van der Waals surface area contributed by atoms with Crippen molar-refractivity contribution >= 4 is 10.0 Å². The van der Waals surface area contributed by atoms with E-state index in [9.17, 15) is 13.5 Å². The average molecular weight is 273 g/mol. The fourth-order valence-electron chi connectivity index (χ4n) is 1.67. The smallest absolute Gasteiger partial charge is 0.243 e. The SMILES string of the molecule is CCN(CCOC)S(=O)(=O)c1ccccc1CO. The van der Waals surface area contributed by atoms with Gasteiger partial charge in [0, 0.05) is 20.2 Å². The van der Waals surface area contributed by atoms with Crippen LogP contribution in [0.15, 0.2) is 29.2 Å². The molecule has 0 radical (unpaired) electrons. The van der Waals surface area contributed by atoms with Crippen LogP contribution in [0.25, 0.3) is 0 Å². The monoisotopic (exact) mass is 273 g/mol. The van der Waals surface area contributed by atoms with Crippen molar-refractivity contribution < 1.29 is 18.3 Å². The van der Waals surface area contributed by atoms with Gasteiger partial charge in [-0.25, -0.2) is 8.42 Å². The Morgan fingerprint density at radius 3 is 2.56 bits per heavy atom. The number of benzene rings is 1. The number of ether oxygens (including phenoxy) is 1. The third kappa shape index (κ3) is 3.29. The van der Waals surface area contributed by atoms with Gasteiger partial charge in [-0.3, -0.25) is 0 Å². The highest BCUT2D eigenvalue weighted by atomic mass is 32.2. The number of aliphatic hydroxyl groups excluding tert-OH is 1. The van der Waals surface area contributed by atoms with Crippen LogP contribution in [0.2, 0.25) is 0 Å². The summed E-state index contributed by atoms with van der Waals surface area (Å²) in [5, 5.41) is 9.20. The Labute approximate surface area is 108 Å². The van der Waals surface area contributed by atoms with Crippen molar-refractivity contribution in [2.45, 2.75) is 18.4 Å². The van der Waals surface area contributed by atoms with Gasteiger partial charge < -0.3 is 9.84 Å². The van der Waals surface area contributed by atoms with Crippen LogP contribution in [-0.4, -0.2) is 44.6 Å². The Hall–Kier alpha value is -0.950. The van der Waals surface area contributed by atoms with Crippen molar-refractivity contribution in [2.24, 2.45) is 0 Å². The third-order valence-corrected chi connectivity index (χ3v) is 4.73. The molecule has 0 unspecified atom stereocenters. The Balaban J connectivity index is 3.10. The molecule has 6 heteroatoms. The molecule has 1 aromatic rings. The molecular formula is C12H19NO4S.